The van der Waals surface area contributed by atoms with Gasteiger partial charge in [-0.2, -0.15) is 0 Å². The van der Waals surface area contributed by atoms with E-state index in [1.54, 1.807) is 6.92 Å². The zero-order chi connectivity index (χ0) is 15.3. The van der Waals surface area contributed by atoms with Gasteiger partial charge in [0.1, 0.15) is 5.82 Å². The number of aromatic carboxylic acids is 1. The molecule has 0 heterocycles. The molecule has 0 aliphatic rings. The highest BCUT2D eigenvalue weighted by Crippen LogP contribution is 2.16. The summed E-state index contributed by atoms with van der Waals surface area (Å²) in [6.45, 7) is 3.73. The van der Waals surface area contributed by atoms with E-state index in [2.05, 4.69) is 4.72 Å². The molecule has 0 bridgehead atoms. The van der Waals surface area contributed by atoms with Crippen molar-refractivity contribution in [1.82, 2.24) is 4.72 Å². The van der Waals surface area contributed by atoms with Crippen LogP contribution in [0.1, 0.15) is 43.5 Å². The van der Waals surface area contributed by atoms with Gasteiger partial charge in [-0.1, -0.05) is 19.8 Å². The number of nitrogens with one attached hydrogen (secondary N) is 1. The minimum atomic E-state index is -3.84. The van der Waals surface area contributed by atoms with E-state index in [1.807, 2.05) is 6.92 Å². The number of halogens is 1. The third-order valence-electron chi connectivity index (χ3n) is 2.83. The van der Waals surface area contributed by atoms with Crippen LogP contribution in [0, 0.1) is 5.82 Å². The van der Waals surface area contributed by atoms with Crippen LogP contribution in [-0.4, -0.2) is 25.5 Å². The van der Waals surface area contributed by atoms with E-state index in [4.69, 9.17) is 5.11 Å². The largest absolute Gasteiger partial charge is 0.478 e. The van der Waals surface area contributed by atoms with Gasteiger partial charge in [-0.05, 0) is 31.5 Å². The zero-order valence-corrected chi connectivity index (χ0v) is 12.2. The maximum Gasteiger partial charge on any atom is 0.338 e. The summed E-state index contributed by atoms with van der Waals surface area (Å²) in [6.07, 6.45) is 2.52. The number of carboxylic acids is 1. The molecule has 0 aliphatic heterocycles. The molecule has 1 atom stereocenters. The average Bonchev–Trinajstić information content (AvgIpc) is 2.35. The van der Waals surface area contributed by atoms with Gasteiger partial charge in [0.05, 0.1) is 10.5 Å². The molecule has 1 rings (SSSR count). The number of carbonyl (C=O) groups is 1. The van der Waals surface area contributed by atoms with Crippen molar-refractivity contribution in [3.63, 3.8) is 0 Å². The molecule has 0 aromatic heterocycles. The second-order valence-electron chi connectivity index (χ2n) is 4.61. The minimum Gasteiger partial charge on any atom is -0.478 e. The van der Waals surface area contributed by atoms with Crippen LogP contribution in [0.5, 0.6) is 0 Å². The normalized spacial score (nSPS) is 13.2. The molecule has 5 nitrogen and oxygen atoms in total. The summed E-state index contributed by atoms with van der Waals surface area (Å²) >= 11 is 0. The Hall–Kier alpha value is -1.47. The fourth-order valence-electron chi connectivity index (χ4n) is 1.74. The first-order valence-electron chi connectivity index (χ1n) is 6.33. The zero-order valence-electron chi connectivity index (χ0n) is 11.4. The van der Waals surface area contributed by atoms with Gasteiger partial charge in [-0.3, -0.25) is 0 Å². The number of benzene rings is 1. The standard InChI is InChI=1S/C13H18FNO4S/c1-3-4-5-9(2)15-20(18,19)10-6-7-12(14)11(8-10)13(16)17/h6-9,15H,3-5H2,1-2H3,(H,16,17). The van der Waals surface area contributed by atoms with Crippen molar-refractivity contribution in [2.75, 3.05) is 0 Å². The Morgan fingerprint density at radius 2 is 2.10 bits per heavy atom. The van der Waals surface area contributed by atoms with Gasteiger partial charge < -0.3 is 5.11 Å². The molecule has 0 radical (unpaired) electrons. The lowest BCUT2D eigenvalue weighted by atomic mass is 10.2. The summed E-state index contributed by atoms with van der Waals surface area (Å²) in [7, 11) is -3.84. The van der Waals surface area contributed by atoms with Gasteiger partial charge >= 0.3 is 5.97 Å². The molecule has 0 fully saturated rings. The highest BCUT2D eigenvalue weighted by Gasteiger charge is 2.20. The van der Waals surface area contributed by atoms with Crippen LogP contribution in [0.25, 0.3) is 0 Å². The fraction of sp³-hybridized carbons (Fsp3) is 0.462. The Morgan fingerprint density at radius 1 is 1.45 bits per heavy atom. The average molecular weight is 303 g/mol. The van der Waals surface area contributed by atoms with Crippen LogP contribution >= 0.6 is 0 Å². The summed E-state index contributed by atoms with van der Waals surface area (Å²) < 4.78 is 39.8. The van der Waals surface area contributed by atoms with Crippen molar-refractivity contribution in [2.24, 2.45) is 0 Å². The summed E-state index contributed by atoms with van der Waals surface area (Å²) in [5.74, 6) is -2.46. The maximum atomic E-state index is 13.2. The van der Waals surface area contributed by atoms with Gasteiger partial charge in [0.15, 0.2) is 0 Å². The van der Waals surface area contributed by atoms with E-state index in [1.165, 1.54) is 0 Å². The molecule has 7 heteroatoms. The van der Waals surface area contributed by atoms with E-state index in [0.717, 1.165) is 31.0 Å². The third-order valence-corrected chi connectivity index (χ3v) is 4.41. The van der Waals surface area contributed by atoms with Gasteiger partial charge in [-0.25, -0.2) is 22.3 Å². The number of unbranched alkanes of at least 4 members (excludes halogenated alkanes) is 1. The molecule has 0 aliphatic carbocycles. The topological polar surface area (TPSA) is 83.5 Å². The van der Waals surface area contributed by atoms with Gasteiger partial charge in [0.2, 0.25) is 10.0 Å². The first-order valence-corrected chi connectivity index (χ1v) is 7.81. The molecule has 1 aromatic carbocycles. The Morgan fingerprint density at radius 3 is 2.65 bits per heavy atom. The molecule has 0 saturated heterocycles. The molecule has 20 heavy (non-hydrogen) atoms. The maximum absolute atomic E-state index is 13.2. The molecule has 0 saturated carbocycles. The Kier molecular flexibility index (Phi) is 5.64. The molecular formula is C13H18FNO4S. The Labute approximate surface area is 117 Å². The molecule has 1 aromatic rings. The van der Waals surface area contributed by atoms with Crippen LogP contribution in [0.4, 0.5) is 4.39 Å². The van der Waals surface area contributed by atoms with Crippen molar-refractivity contribution in [2.45, 2.75) is 44.0 Å². The van der Waals surface area contributed by atoms with E-state index >= 15 is 0 Å². The van der Waals surface area contributed by atoms with Gasteiger partial charge in [-0.15, -0.1) is 0 Å². The third kappa shape index (κ3) is 4.28. The molecule has 0 amide bonds. The van der Waals surface area contributed by atoms with Crippen molar-refractivity contribution in [3.05, 3.63) is 29.6 Å². The van der Waals surface area contributed by atoms with E-state index in [9.17, 15) is 17.6 Å². The SMILES string of the molecule is CCCCC(C)NS(=O)(=O)c1ccc(F)c(C(=O)O)c1. The lowest BCUT2D eigenvalue weighted by Gasteiger charge is -2.14. The van der Waals surface area contributed by atoms with Crippen molar-refractivity contribution in [1.29, 1.82) is 0 Å². The lowest BCUT2D eigenvalue weighted by molar-refractivity contribution is 0.0691. The van der Waals surface area contributed by atoms with E-state index in [-0.39, 0.29) is 10.9 Å². The molecular weight excluding hydrogens is 285 g/mol. The number of rotatable bonds is 7. The Balaban J connectivity index is 2.98. The summed E-state index contributed by atoms with van der Waals surface area (Å²) in [4.78, 5) is 10.6. The van der Waals surface area contributed by atoms with E-state index < -0.39 is 27.4 Å². The van der Waals surface area contributed by atoms with Gasteiger partial charge in [0, 0.05) is 6.04 Å². The predicted octanol–water partition coefficient (Wildman–Crippen LogP) is 2.38. The molecule has 112 valence electrons. The van der Waals surface area contributed by atoms with Crippen LogP contribution in [0.15, 0.2) is 23.1 Å². The summed E-state index contributed by atoms with van der Waals surface area (Å²) in [5.41, 5.74) is -0.658. The number of hydrogen-bond donors (Lipinski definition) is 2. The van der Waals surface area contributed by atoms with Crippen molar-refractivity contribution in [3.8, 4) is 0 Å². The van der Waals surface area contributed by atoms with Crippen LogP contribution < -0.4 is 4.72 Å². The predicted molar refractivity (Wildman–Crippen MR) is 72.7 cm³/mol. The second kappa shape index (κ2) is 6.81. The first kappa shape index (κ1) is 16.6. The summed E-state index contributed by atoms with van der Waals surface area (Å²) in [5, 5.41) is 8.80. The molecule has 1 unspecified atom stereocenters. The van der Waals surface area contributed by atoms with Crippen LogP contribution in [-0.2, 0) is 10.0 Å². The Bertz CT molecular complexity index is 586. The van der Waals surface area contributed by atoms with Crippen LogP contribution in [0.3, 0.4) is 0 Å². The number of carboxylic acid groups (broad SMARTS) is 1. The first-order chi connectivity index (χ1) is 9.27. The molecule has 0 spiro atoms. The smallest absolute Gasteiger partial charge is 0.338 e. The lowest BCUT2D eigenvalue weighted by Crippen LogP contribution is -2.32. The van der Waals surface area contributed by atoms with E-state index in [0.29, 0.717) is 6.42 Å². The number of hydrogen-bond acceptors (Lipinski definition) is 3. The number of sulfonamides is 1. The quantitative estimate of drug-likeness (QED) is 0.810. The highest BCUT2D eigenvalue weighted by atomic mass is 32.2. The minimum absolute atomic E-state index is 0.250. The van der Waals surface area contributed by atoms with Crippen molar-refractivity contribution < 1.29 is 22.7 Å². The monoisotopic (exact) mass is 303 g/mol. The summed E-state index contributed by atoms with van der Waals surface area (Å²) in [6, 6.07) is 2.45. The van der Waals surface area contributed by atoms with Gasteiger partial charge in [0.25, 0.3) is 0 Å². The van der Waals surface area contributed by atoms with Crippen LogP contribution in [0.2, 0.25) is 0 Å². The highest BCUT2D eigenvalue weighted by molar-refractivity contribution is 7.89. The fourth-order valence-corrected chi connectivity index (χ4v) is 3.04. The van der Waals surface area contributed by atoms with Crippen molar-refractivity contribution >= 4 is 16.0 Å². The second-order valence-corrected chi connectivity index (χ2v) is 6.33. The molecule has 2 N–H and O–H groups in total.